The van der Waals surface area contributed by atoms with Gasteiger partial charge >= 0.3 is 0 Å². The lowest BCUT2D eigenvalue weighted by molar-refractivity contribution is -0.120. The van der Waals surface area contributed by atoms with E-state index in [1.807, 2.05) is 6.92 Å². The van der Waals surface area contributed by atoms with Crippen LogP contribution in [0.5, 0.6) is 0 Å². The number of nitrogens with two attached hydrogens (primary N) is 1. The van der Waals surface area contributed by atoms with Gasteiger partial charge in [0.15, 0.2) is 0 Å². The molecule has 2 aromatic carbocycles. The standard InChI is InChI=1S/C24H29N5O4S/c1-3-4-8-20(25)22-27-21(28-33-22)16-6-5-7-19(15-16)34(31,32)29-18-11-9-17(10-12-18)26-23(30)24(2)13-14-24/h5-7,9-12,15,20,29H,3-4,8,13-14,25H2,1-2H3,(H,26,30). The molecule has 0 saturated heterocycles. The number of sulfonamides is 1. The van der Waals surface area contributed by atoms with E-state index in [0.29, 0.717) is 22.8 Å². The number of unbranched alkanes of at least 4 members (excludes halogenated alkanes) is 1. The molecule has 1 aliphatic carbocycles. The molecule has 1 heterocycles. The van der Waals surface area contributed by atoms with Gasteiger partial charge in [-0.1, -0.05) is 44.0 Å². The number of nitrogens with zero attached hydrogens (tertiary/aromatic N) is 2. The molecule has 34 heavy (non-hydrogen) atoms. The van der Waals surface area contributed by atoms with Gasteiger partial charge in [-0.2, -0.15) is 4.98 Å². The van der Waals surface area contributed by atoms with Crippen LogP contribution in [-0.4, -0.2) is 24.5 Å². The highest BCUT2D eigenvalue weighted by Gasteiger charge is 2.44. The van der Waals surface area contributed by atoms with Crippen molar-refractivity contribution in [3.8, 4) is 11.4 Å². The molecule has 180 valence electrons. The predicted molar refractivity (Wildman–Crippen MR) is 129 cm³/mol. The van der Waals surface area contributed by atoms with Crippen LogP contribution in [0.1, 0.15) is 57.9 Å². The first kappa shape index (κ1) is 23.9. The zero-order chi connectivity index (χ0) is 24.3. The number of hydrogen-bond acceptors (Lipinski definition) is 7. The van der Waals surface area contributed by atoms with Crippen LogP contribution >= 0.6 is 0 Å². The quantitative estimate of drug-likeness (QED) is 0.386. The van der Waals surface area contributed by atoms with Crippen molar-refractivity contribution in [2.45, 2.75) is 56.9 Å². The van der Waals surface area contributed by atoms with Gasteiger partial charge < -0.3 is 15.6 Å². The Morgan fingerprint density at radius 1 is 1.18 bits per heavy atom. The van der Waals surface area contributed by atoms with E-state index in [4.69, 9.17) is 10.3 Å². The highest BCUT2D eigenvalue weighted by Crippen LogP contribution is 2.45. The van der Waals surface area contributed by atoms with Crippen LogP contribution in [0.4, 0.5) is 11.4 Å². The summed E-state index contributed by atoms with van der Waals surface area (Å²) >= 11 is 0. The van der Waals surface area contributed by atoms with Gasteiger partial charge in [-0.05, 0) is 55.7 Å². The van der Waals surface area contributed by atoms with Gasteiger partial charge in [0.25, 0.3) is 10.0 Å². The molecule has 1 unspecified atom stereocenters. The van der Waals surface area contributed by atoms with Gasteiger partial charge in [0.1, 0.15) is 0 Å². The number of amides is 1. The minimum absolute atomic E-state index is 0.0198. The topological polar surface area (TPSA) is 140 Å². The molecule has 1 atom stereocenters. The molecule has 10 heteroatoms. The van der Waals surface area contributed by atoms with Gasteiger partial charge in [0.2, 0.25) is 17.6 Å². The Balaban J connectivity index is 1.45. The largest absolute Gasteiger partial charge is 0.337 e. The van der Waals surface area contributed by atoms with Crippen molar-refractivity contribution in [1.29, 1.82) is 0 Å². The van der Waals surface area contributed by atoms with Crippen molar-refractivity contribution in [3.63, 3.8) is 0 Å². The second-order valence-electron chi connectivity index (χ2n) is 8.93. The van der Waals surface area contributed by atoms with Crippen molar-refractivity contribution in [3.05, 3.63) is 54.4 Å². The summed E-state index contributed by atoms with van der Waals surface area (Å²) in [7, 11) is -3.86. The van der Waals surface area contributed by atoms with E-state index in [9.17, 15) is 13.2 Å². The molecule has 1 saturated carbocycles. The maximum atomic E-state index is 13.0. The molecule has 9 nitrogen and oxygen atoms in total. The average Bonchev–Trinajstić information content (AvgIpc) is 3.39. The number of hydrogen-bond donors (Lipinski definition) is 3. The Hall–Kier alpha value is -3.24. The fourth-order valence-corrected chi connectivity index (χ4v) is 4.49. The summed E-state index contributed by atoms with van der Waals surface area (Å²) in [6, 6.07) is 12.5. The fraction of sp³-hybridized carbons (Fsp3) is 0.375. The van der Waals surface area contributed by atoms with Crippen LogP contribution in [-0.2, 0) is 14.8 Å². The summed E-state index contributed by atoms with van der Waals surface area (Å²) in [5, 5.41) is 6.83. The highest BCUT2D eigenvalue weighted by molar-refractivity contribution is 7.92. The van der Waals surface area contributed by atoms with E-state index in [0.717, 1.165) is 32.1 Å². The van der Waals surface area contributed by atoms with Gasteiger partial charge in [0, 0.05) is 22.4 Å². The summed E-state index contributed by atoms with van der Waals surface area (Å²) < 4.78 is 33.7. The highest BCUT2D eigenvalue weighted by atomic mass is 32.2. The second kappa shape index (κ2) is 9.55. The Bertz CT molecular complexity index is 1270. The summed E-state index contributed by atoms with van der Waals surface area (Å²) in [6.45, 7) is 4.00. The molecule has 4 rings (SSSR count). The Morgan fingerprint density at radius 3 is 2.56 bits per heavy atom. The smallest absolute Gasteiger partial charge is 0.261 e. The molecule has 4 N–H and O–H groups in total. The third kappa shape index (κ3) is 5.45. The molecule has 0 spiro atoms. The van der Waals surface area contributed by atoms with Crippen LogP contribution < -0.4 is 15.8 Å². The van der Waals surface area contributed by atoms with Crippen molar-refractivity contribution in [1.82, 2.24) is 10.1 Å². The number of nitrogens with one attached hydrogen (secondary N) is 2. The summed E-state index contributed by atoms with van der Waals surface area (Å²) in [6.07, 6.45) is 4.46. The maximum absolute atomic E-state index is 13.0. The molecule has 0 aliphatic heterocycles. The van der Waals surface area contributed by atoms with Gasteiger partial charge in [-0.25, -0.2) is 8.42 Å². The number of rotatable bonds is 10. The molecule has 1 aliphatic rings. The molecule has 0 radical (unpaired) electrons. The van der Waals surface area contributed by atoms with Crippen LogP contribution in [0.2, 0.25) is 0 Å². The van der Waals surface area contributed by atoms with Crippen molar-refractivity contribution < 1.29 is 17.7 Å². The first-order valence-electron chi connectivity index (χ1n) is 11.3. The van der Waals surface area contributed by atoms with E-state index in [1.54, 1.807) is 36.4 Å². The first-order valence-corrected chi connectivity index (χ1v) is 12.8. The minimum Gasteiger partial charge on any atom is -0.337 e. The zero-order valence-electron chi connectivity index (χ0n) is 19.2. The van der Waals surface area contributed by atoms with Crippen molar-refractivity contribution >= 4 is 27.3 Å². The second-order valence-corrected chi connectivity index (χ2v) is 10.6. The Labute approximate surface area is 199 Å². The summed E-state index contributed by atoms with van der Waals surface area (Å²) in [5.41, 5.74) is 7.31. The molecule has 1 amide bonds. The summed E-state index contributed by atoms with van der Waals surface area (Å²) in [4.78, 5) is 16.6. The predicted octanol–water partition coefficient (Wildman–Crippen LogP) is 4.47. The van der Waals surface area contributed by atoms with Crippen LogP contribution in [0.3, 0.4) is 0 Å². The number of benzene rings is 2. The molecular formula is C24H29N5O4S. The minimum atomic E-state index is -3.86. The normalized spacial score (nSPS) is 15.5. The lowest BCUT2D eigenvalue weighted by Gasteiger charge is -2.12. The zero-order valence-corrected chi connectivity index (χ0v) is 20.1. The molecule has 3 aromatic rings. The lowest BCUT2D eigenvalue weighted by Crippen LogP contribution is -2.21. The van der Waals surface area contributed by atoms with E-state index < -0.39 is 10.0 Å². The van der Waals surface area contributed by atoms with E-state index >= 15 is 0 Å². The molecule has 1 aromatic heterocycles. The number of carbonyl (C=O) groups is 1. The Kier molecular flexibility index (Phi) is 6.72. The van der Waals surface area contributed by atoms with Gasteiger partial charge in [0.05, 0.1) is 10.9 Å². The average molecular weight is 484 g/mol. The van der Waals surface area contributed by atoms with Crippen LogP contribution in [0.25, 0.3) is 11.4 Å². The third-order valence-electron chi connectivity index (χ3n) is 5.97. The number of aromatic nitrogens is 2. The van der Waals surface area contributed by atoms with Crippen molar-refractivity contribution in [2.24, 2.45) is 11.1 Å². The van der Waals surface area contributed by atoms with Gasteiger partial charge in [-0.15, -0.1) is 0 Å². The number of carbonyl (C=O) groups excluding carboxylic acids is 1. The lowest BCUT2D eigenvalue weighted by atomic mass is 10.1. The first-order chi connectivity index (χ1) is 16.2. The number of anilines is 2. The van der Waals surface area contributed by atoms with Crippen LogP contribution in [0.15, 0.2) is 57.9 Å². The molecular weight excluding hydrogens is 454 g/mol. The van der Waals surface area contributed by atoms with E-state index in [-0.39, 0.29) is 28.1 Å². The van der Waals surface area contributed by atoms with Crippen molar-refractivity contribution in [2.75, 3.05) is 10.0 Å². The third-order valence-corrected chi connectivity index (χ3v) is 7.35. The monoisotopic (exact) mass is 483 g/mol. The van der Waals surface area contributed by atoms with Gasteiger partial charge in [-0.3, -0.25) is 9.52 Å². The molecule has 0 bridgehead atoms. The maximum Gasteiger partial charge on any atom is 0.261 e. The molecule has 1 fully saturated rings. The van der Waals surface area contributed by atoms with Crippen LogP contribution in [0, 0.1) is 5.41 Å². The Morgan fingerprint density at radius 2 is 1.88 bits per heavy atom. The fourth-order valence-electron chi connectivity index (χ4n) is 3.39. The van der Waals surface area contributed by atoms with E-state index in [2.05, 4.69) is 27.1 Å². The summed E-state index contributed by atoms with van der Waals surface area (Å²) in [5.74, 6) is 0.592. The SMILES string of the molecule is CCCCC(N)c1nc(-c2cccc(S(=O)(=O)Nc3ccc(NC(=O)C4(C)CC4)cc3)c2)no1. The van der Waals surface area contributed by atoms with E-state index in [1.165, 1.54) is 12.1 Å².